The van der Waals surface area contributed by atoms with Crippen LogP contribution >= 0.6 is 0 Å². The van der Waals surface area contributed by atoms with E-state index in [2.05, 4.69) is 10.0 Å². The molecule has 20 heavy (non-hydrogen) atoms. The lowest BCUT2D eigenvalue weighted by molar-refractivity contribution is 0.327. The standard InChI is InChI=1S/C12H15F3N2O2S/c1-7-6-16-3-2-11(7)17-20(18,19)12-9(14)4-8(13)5-10(12)15/h4-5,7,11,16-17H,2-3,6H2,1H3/t7-,11+/m1/s1. The van der Waals surface area contributed by atoms with Crippen LogP contribution in [-0.2, 0) is 10.0 Å². The molecule has 0 amide bonds. The number of piperidine rings is 1. The Morgan fingerprint density at radius 3 is 2.40 bits per heavy atom. The highest BCUT2D eigenvalue weighted by atomic mass is 32.2. The molecule has 4 nitrogen and oxygen atoms in total. The molecule has 1 aliphatic rings. The summed E-state index contributed by atoms with van der Waals surface area (Å²) in [5.41, 5.74) is 0. The van der Waals surface area contributed by atoms with E-state index < -0.39 is 38.4 Å². The maximum absolute atomic E-state index is 13.5. The summed E-state index contributed by atoms with van der Waals surface area (Å²) in [6.45, 7) is 3.06. The van der Waals surface area contributed by atoms with Crippen LogP contribution in [-0.4, -0.2) is 27.5 Å². The summed E-state index contributed by atoms with van der Waals surface area (Å²) in [4.78, 5) is -1.13. The van der Waals surface area contributed by atoms with Crippen molar-refractivity contribution in [1.29, 1.82) is 0 Å². The number of halogens is 3. The van der Waals surface area contributed by atoms with Gasteiger partial charge in [-0.15, -0.1) is 0 Å². The molecule has 0 aliphatic carbocycles. The minimum Gasteiger partial charge on any atom is -0.316 e. The predicted octanol–water partition coefficient (Wildman–Crippen LogP) is 1.38. The van der Waals surface area contributed by atoms with E-state index in [9.17, 15) is 21.6 Å². The van der Waals surface area contributed by atoms with Gasteiger partial charge >= 0.3 is 0 Å². The number of benzene rings is 1. The summed E-state index contributed by atoms with van der Waals surface area (Å²) in [6, 6.07) is 0.289. The summed E-state index contributed by atoms with van der Waals surface area (Å²) < 4.78 is 66.3. The third kappa shape index (κ3) is 3.13. The highest BCUT2D eigenvalue weighted by Crippen LogP contribution is 2.22. The molecule has 0 spiro atoms. The van der Waals surface area contributed by atoms with E-state index in [0.29, 0.717) is 31.6 Å². The Bertz CT molecular complexity index is 584. The summed E-state index contributed by atoms with van der Waals surface area (Å²) in [7, 11) is -4.37. The van der Waals surface area contributed by atoms with E-state index in [0.717, 1.165) is 0 Å². The van der Waals surface area contributed by atoms with Crippen LogP contribution in [0, 0.1) is 23.4 Å². The summed E-state index contributed by atoms with van der Waals surface area (Å²) in [6.07, 6.45) is 0.519. The lowest BCUT2D eigenvalue weighted by atomic mass is 9.97. The fourth-order valence-electron chi connectivity index (χ4n) is 2.23. The predicted molar refractivity (Wildman–Crippen MR) is 67.1 cm³/mol. The Morgan fingerprint density at radius 2 is 1.85 bits per heavy atom. The Morgan fingerprint density at radius 1 is 1.25 bits per heavy atom. The second kappa shape index (κ2) is 5.71. The molecule has 1 heterocycles. The van der Waals surface area contributed by atoms with Crippen molar-refractivity contribution in [2.45, 2.75) is 24.3 Å². The fourth-order valence-corrected chi connectivity index (χ4v) is 3.73. The van der Waals surface area contributed by atoms with Crippen molar-refractivity contribution >= 4 is 10.0 Å². The van der Waals surface area contributed by atoms with E-state index in [-0.39, 0.29) is 5.92 Å². The zero-order valence-electron chi connectivity index (χ0n) is 10.8. The van der Waals surface area contributed by atoms with Gasteiger partial charge < -0.3 is 5.32 Å². The van der Waals surface area contributed by atoms with E-state index >= 15 is 0 Å². The molecule has 1 aromatic rings. The van der Waals surface area contributed by atoms with Crippen LogP contribution in [0.3, 0.4) is 0 Å². The third-order valence-electron chi connectivity index (χ3n) is 3.32. The van der Waals surface area contributed by atoms with Crippen LogP contribution in [0.4, 0.5) is 13.2 Å². The second-order valence-corrected chi connectivity index (χ2v) is 6.55. The average Bonchev–Trinajstić information content (AvgIpc) is 2.30. The highest BCUT2D eigenvalue weighted by Gasteiger charge is 2.30. The number of sulfonamides is 1. The van der Waals surface area contributed by atoms with Crippen LogP contribution in [0.25, 0.3) is 0 Å². The maximum Gasteiger partial charge on any atom is 0.246 e. The molecule has 1 fully saturated rings. The second-order valence-electron chi connectivity index (χ2n) is 4.90. The fraction of sp³-hybridized carbons (Fsp3) is 0.500. The van der Waals surface area contributed by atoms with E-state index in [4.69, 9.17) is 0 Å². The first-order valence-electron chi connectivity index (χ1n) is 6.19. The van der Waals surface area contributed by atoms with Crippen molar-refractivity contribution in [1.82, 2.24) is 10.0 Å². The minimum atomic E-state index is -4.37. The van der Waals surface area contributed by atoms with Crippen LogP contribution in [0.1, 0.15) is 13.3 Å². The van der Waals surface area contributed by atoms with Crippen molar-refractivity contribution in [2.24, 2.45) is 5.92 Å². The first-order chi connectivity index (χ1) is 9.31. The molecule has 2 N–H and O–H groups in total. The quantitative estimate of drug-likeness (QED) is 0.887. The van der Waals surface area contributed by atoms with E-state index in [1.54, 1.807) is 0 Å². The van der Waals surface area contributed by atoms with Crippen LogP contribution in [0.2, 0.25) is 0 Å². The lowest BCUT2D eigenvalue weighted by Crippen LogP contribution is -2.48. The zero-order valence-corrected chi connectivity index (χ0v) is 11.6. The number of hydrogen-bond acceptors (Lipinski definition) is 3. The van der Waals surface area contributed by atoms with Gasteiger partial charge in [0.15, 0.2) is 4.90 Å². The highest BCUT2D eigenvalue weighted by molar-refractivity contribution is 7.89. The first-order valence-corrected chi connectivity index (χ1v) is 7.67. The van der Waals surface area contributed by atoms with Crippen LogP contribution in [0.15, 0.2) is 17.0 Å². The van der Waals surface area contributed by atoms with E-state index in [1.165, 1.54) is 0 Å². The van der Waals surface area contributed by atoms with Gasteiger partial charge in [-0.05, 0) is 25.4 Å². The topological polar surface area (TPSA) is 58.2 Å². The molecule has 0 unspecified atom stereocenters. The molecule has 1 aromatic carbocycles. The SMILES string of the molecule is C[C@@H]1CNCC[C@@H]1NS(=O)(=O)c1c(F)cc(F)cc1F. The normalized spacial score (nSPS) is 23.8. The number of hydrogen-bond donors (Lipinski definition) is 2. The lowest BCUT2D eigenvalue weighted by Gasteiger charge is -2.30. The molecular formula is C12H15F3N2O2S. The molecule has 2 atom stereocenters. The monoisotopic (exact) mass is 308 g/mol. The minimum absolute atomic E-state index is 0.00917. The van der Waals surface area contributed by atoms with Gasteiger partial charge in [0.05, 0.1) is 0 Å². The zero-order chi connectivity index (χ0) is 14.9. The Balaban J connectivity index is 2.31. The Hall–Kier alpha value is -1.12. The van der Waals surface area contributed by atoms with Gasteiger partial charge in [-0.1, -0.05) is 6.92 Å². The smallest absolute Gasteiger partial charge is 0.246 e. The Kier molecular flexibility index (Phi) is 4.36. The van der Waals surface area contributed by atoms with E-state index in [1.807, 2.05) is 6.92 Å². The molecule has 0 saturated carbocycles. The van der Waals surface area contributed by atoms with Gasteiger partial charge in [-0.3, -0.25) is 0 Å². The molecular weight excluding hydrogens is 293 g/mol. The van der Waals surface area contributed by atoms with Gasteiger partial charge in [0, 0.05) is 18.2 Å². The van der Waals surface area contributed by atoms with Gasteiger partial charge in [-0.25, -0.2) is 26.3 Å². The van der Waals surface area contributed by atoms with Crippen molar-refractivity contribution < 1.29 is 21.6 Å². The third-order valence-corrected chi connectivity index (χ3v) is 4.86. The van der Waals surface area contributed by atoms with Gasteiger partial charge in [0.2, 0.25) is 10.0 Å². The molecule has 8 heteroatoms. The van der Waals surface area contributed by atoms with Crippen molar-refractivity contribution in [3.63, 3.8) is 0 Å². The van der Waals surface area contributed by atoms with Crippen LogP contribution < -0.4 is 10.0 Å². The van der Waals surface area contributed by atoms with Gasteiger partial charge in [0.1, 0.15) is 17.5 Å². The molecule has 2 rings (SSSR count). The van der Waals surface area contributed by atoms with Crippen molar-refractivity contribution in [3.8, 4) is 0 Å². The molecule has 0 bridgehead atoms. The summed E-state index contributed by atoms with van der Waals surface area (Å²) >= 11 is 0. The van der Waals surface area contributed by atoms with Crippen LogP contribution in [0.5, 0.6) is 0 Å². The van der Waals surface area contributed by atoms with Gasteiger partial charge in [-0.2, -0.15) is 0 Å². The average molecular weight is 308 g/mol. The molecule has 1 saturated heterocycles. The molecule has 1 aliphatic heterocycles. The molecule has 112 valence electrons. The van der Waals surface area contributed by atoms with Crippen molar-refractivity contribution in [3.05, 3.63) is 29.6 Å². The molecule has 0 radical (unpaired) electrons. The Labute approximate surface area is 115 Å². The number of nitrogens with one attached hydrogen (secondary N) is 2. The van der Waals surface area contributed by atoms with Gasteiger partial charge in [0.25, 0.3) is 0 Å². The summed E-state index contributed by atoms with van der Waals surface area (Å²) in [5.74, 6) is -4.03. The maximum atomic E-state index is 13.5. The summed E-state index contributed by atoms with van der Waals surface area (Å²) in [5, 5.41) is 3.09. The first kappa shape index (κ1) is 15.3. The van der Waals surface area contributed by atoms with Crippen molar-refractivity contribution in [2.75, 3.05) is 13.1 Å². The largest absolute Gasteiger partial charge is 0.316 e. The number of rotatable bonds is 3. The molecule has 0 aromatic heterocycles.